The summed E-state index contributed by atoms with van der Waals surface area (Å²) in [5, 5.41) is 3.60. The van der Waals surface area contributed by atoms with Crippen LogP contribution in [0.2, 0.25) is 0 Å². The van der Waals surface area contributed by atoms with Crippen molar-refractivity contribution in [2.24, 2.45) is 0 Å². The van der Waals surface area contributed by atoms with E-state index in [0.29, 0.717) is 5.56 Å². The quantitative estimate of drug-likeness (QED) is 0.185. The molecule has 34 heavy (non-hydrogen) atoms. The van der Waals surface area contributed by atoms with Crippen molar-refractivity contribution >= 4 is 43.1 Å². The normalized spacial score (nSPS) is 16.1. The first kappa shape index (κ1) is 11.1. The zero-order valence-corrected chi connectivity index (χ0v) is 17.9. The van der Waals surface area contributed by atoms with Gasteiger partial charge in [-0.05, 0) is 71.4 Å². The van der Waals surface area contributed by atoms with Crippen molar-refractivity contribution in [2.75, 3.05) is 0 Å². The Bertz CT molecular complexity index is 2340. The third-order valence-corrected chi connectivity index (χ3v) is 6.26. The minimum Gasteiger partial charge on any atom is -0.0622 e. The zero-order chi connectivity index (χ0) is 32.1. The first-order valence-electron chi connectivity index (χ1n) is 16.4. The van der Waals surface area contributed by atoms with Crippen molar-refractivity contribution < 1.29 is 15.1 Å². The van der Waals surface area contributed by atoms with E-state index in [0.717, 1.165) is 21.5 Å². The highest BCUT2D eigenvalue weighted by Gasteiger charge is 2.16. The smallest absolute Gasteiger partial charge is 0.0622 e. The van der Waals surface area contributed by atoms with Gasteiger partial charge in [-0.3, -0.25) is 0 Å². The molecule has 7 aromatic rings. The van der Waals surface area contributed by atoms with Crippen LogP contribution in [0, 0.1) is 0 Å². The van der Waals surface area contributed by atoms with Gasteiger partial charge in [-0.15, -0.1) is 0 Å². The van der Waals surface area contributed by atoms with Crippen molar-refractivity contribution in [3.05, 3.63) is 133 Å². The Morgan fingerprint density at radius 2 is 0.912 bits per heavy atom. The second-order valence-electron chi connectivity index (χ2n) is 8.09. The Kier molecular flexibility index (Phi) is 2.48. The predicted octanol–water partition coefficient (Wildman–Crippen LogP) is 9.63. The number of benzene rings is 7. The zero-order valence-electron chi connectivity index (χ0n) is 28.9. The highest BCUT2D eigenvalue weighted by molar-refractivity contribution is 6.22. The molecule has 0 heterocycles. The van der Waals surface area contributed by atoms with Crippen LogP contribution in [0.1, 0.15) is 15.1 Å². The molecule has 0 fully saturated rings. The fourth-order valence-corrected chi connectivity index (χ4v) is 4.78. The molecule has 0 unspecified atom stereocenters. The molecule has 0 radical (unpaired) electrons. The van der Waals surface area contributed by atoms with Crippen molar-refractivity contribution in [1.82, 2.24) is 0 Å². The van der Waals surface area contributed by atoms with E-state index < -0.39 is 48.3 Å². The molecule has 0 N–H and O–H groups in total. The average molecular weight is 442 g/mol. The van der Waals surface area contributed by atoms with E-state index in [1.807, 2.05) is 48.5 Å². The lowest BCUT2D eigenvalue weighted by molar-refractivity contribution is 1.66. The molecule has 0 amide bonds. The summed E-state index contributed by atoms with van der Waals surface area (Å²) in [7, 11) is 0. The second kappa shape index (κ2) is 7.57. The molecular weight excluding hydrogens is 408 g/mol. The van der Waals surface area contributed by atoms with Crippen molar-refractivity contribution in [1.29, 1.82) is 0 Å². The summed E-state index contributed by atoms with van der Waals surface area (Å²) in [5.74, 6) is 0. The number of hydrogen-bond donors (Lipinski definition) is 0. The molecule has 0 nitrogen and oxygen atoms in total. The third kappa shape index (κ3) is 2.86. The molecule has 158 valence electrons. The molecule has 7 aromatic carbocycles. The highest BCUT2D eigenvalue weighted by atomic mass is 14.2. The van der Waals surface area contributed by atoms with Gasteiger partial charge in [0, 0.05) is 0 Å². The fourth-order valence-electron chi connectivity index (χ4n) is 4.78. The lowest BCUT2D eigenvalue weighted by atomic mass is 9.85. The van der Waals surface area contributed by atoms with Crippen molar-refractivity contribution in [2.45, 2.75) is 0 Å². The summed E-state index contributed by atoms with van der Waals surface area (Å²) in [6, 6.07) is 15.1. The van der Waals surface area contributed by atoms with Crippen molar-refractivity contribution in [3.8, 4) is 22.3 Å². The first-order chi connectivity index (χ1) is 21.4. The third-order valence-electron chi connectivity index (χ3n) is 6.26. The average Bonchev–Trinajstić information content (AvgIpc) is 3.02. The number of hydrogen-bond acceptors (Lipinski definition) is 0. The maximum absolute atomic E-state index is 9.10. The van der Waals surface area contributed by atoms with Gasteiger partial charge in [-0.25, -0.2) is 0 Å². The monoisotopic (exact) mass is 441 g/mol. The van der Waals surface area contributed by atoms with Crippen LogP contribution in [0.3, 0.4) is 0 Å². The summed E-state index contributed by atoms with van der Waals surface area (Å²) in [6.45, 7) is 0. The SMILES string of the molecule is [2H]c1cc([2H])c(-c2c3c([2H])c([2H])c([2H])c([2H])c3c(-c3ccc4ccc5ccccc5c4c3)c3c([2H])c([2H])c([2H])c([2H])c23)c([2H])c1. The van der Waals surface area contributed by atoms with E-state index >= 15 is 0 Å². The van der Waals surface area contributed by atoms with Crippen LogP contribution in [-0.2, 0) is 0 Å². The van der Waals surface area contributed by atoms with E-state index in [4.69, 9.17) is 15.1 Å². The molecule has 0 heteroatoms. The Morgan fingerprint density at radius 3 is 1.56 bits per heavy atom. The van der Waals surface area contributed by atoms with E-state index in [1.54, 1.807) is 6.07 Å². The van der Waals surface area contributed by atoms with Crippen molar-refractivity contribution in [3.63, 3.8) is 0 Å². The largest absolute Gasteiger partial charge is 0.0629 e. The topological polar surface area (TPSA) is 0 Å². The molecular formula is C34H22. The summed E-state index contributed by atoms with van der Waals surface area (Å²) in [5.41, 5.74) is 0.526. The van der Waals surface area contributed by atoms with Gasteiger partial charge in [0.15, 0.2) is 0 Å². The molecule has 7 rings (SSSR count). The highest BCUT2D eigenvalue weighted by Crippen LogP contribution is 2.44. The fraction of sp³-hybridized carbons (Fsp3) is 0. The lowest BCUT2D eigenvalue weighted by Crippen LogP contribution is -1.91. The van der Waals surface area contributed by atoms with E-state index in [2.05, 4.69) is 0 Å². The molecule has 0 saturated carbocycles. The molecule has 0 saturated heterocycles. The second-order valence-corrected chi connectivity index (χ2v) is 8.09. The summed E-state index contributed by atoms with van der Waals surface area (Å²) in [6.07, 6.45) is 0. The van der Waals surface area contributed by atoms with Gasteiger partial charge < -0.3 is 0 Å². The summed E-state index contributed by atoms with van der Waals surface area (Å²) < 4.78 is 96.1. The van der Waals surface area contributed by atoms with Gasteiger partial charge in [-0.1, -0.05) is 127 Å². The minimum atomic E-state index is -0.556. The van der Waals surface area contributed by atoms with Crippen LogP contribution >= 0.6 is 0 Å². The van der Waals surface area contributed by atoms with Gasteiger partial charge in [0.2, 0.25) is 0 Å². The number of fused-ring (bicyclic) bond motifs is 5. The molecule has 0 aliphatic rings. The molecule has 0 bridgehead atoms. The van der Waals surface area contributed by atoms with Crippen LogP contribution in [0.25, 0.3) is 65.3 Å². The Hall–Kier alpha value is -4.42. The van der Waals surface area contributed by atoms with E-state index in [1.165, 1.54) is 12.1 Å². The summed E-state index contributed by atoms with van der Waals surface area (Å²) >= 11 is 0. The Morgan fingerprint density at radius 1 is 0.382 bits per heavy atom. The standard InChI is InChI=1S/C34H22/c1-2-11-25(12-3-1)33-28-14-6-8-16-30(28)34(31-17-9-7-15-29(31)33)26-21-20-24-19-18-23-10-4-5-13-27(23)32(24)22-26/h1-22H/i1D,6D,7D,8D,9D,11D,12D,14D,15D,16D,17D. The van der Waals surface area contributed by atoms with Gasteiger partial charge in [0.05, 0.1) is 15.1 Å². The first-order valence-corrected chi connectivity index (χ1v) is 10.9. The molecule has 0 spiro atoms. The maximum atomic E-state index is 9.10. The molecule has 0 atom stereocenters. The predicted molar refractivity (Wildman–Crippen MR) is 147 cm³/mol. The van der Waals surface area contributed by atoms with Crippen LogP contribution in [0.4, 0.5) is 0 Å². The van der Waals surface area contributed by atoms with Gasteiger partial charge in [0.1, 0.15) is 0 Å². The molecule has 0 aliphatic heterocycles. The number of rotatable bonds is 2. The minimum absolute atomic E-state index is 0.0156. The lowest BCUT2D eigenvalue weighted by Gasteiger charge is -2.18. The Balaban J connectivity index is 1.83. The van der Waals surface area contributed by atoms with Crippen LogP contribution in [0.15, 0.2) is 133 Å². The maximum Gasteiger partial charge on any atom is 0.0629 e. The van der Waals surface area contributed by atoms with Gasteiger partial charge >= 0.3 is 0 Å². The molecule has 0 aliphatic carbocycles. The van der Waals surface area contributed by atoms with Crippen LogP contribution < -0.4 is 0 Å². The molecule has 0 aromatic heterocycles. The van der Waals surface area contributed by atoms with Crippen LogP contribution in [0.5, 0.6) is 0 Å². The van der Waals surface area contributed by atoms with E-state index in [-0.39, 0.29) is 56.4 Å². The van der Waals surface area contributed by atoms with Crippen LogP contribution in [-0.4, -0.2) is 0 Å². The van der Waals surface area contributed by atoms with Gasteiger partial charge in [0.25, 0.3) is 0 Å². The van der Waals surface area contributed by atoms with Gasteiger partial charge in [-0.2, -0.15) is 0 Å². The summed E-state index contributed by atoms with van der Waals surface area (Å²) in [4.78, 5) is 0. The van der Waals surface area contributed by atoms with E-state index in [9.17, 15) is 0 Å². The Labute approximate surface area is 214 Å².